The van der Waals surface area contributed by atoms with Crippen molar-refractivity contribution in [2.24, 2.45) is 0 Å². The van der Waals surface area contributed by atoms with Crippen molar-refractivity contribution in [1.29, 1.82) is 0 Å². The van der Waals surface area contributed by atoms with Gasteiger partial charge in [0.05, 0.1) is 11.3 Å². The average Bonchev–Trinajstić information content (AvgIpc) is 3.29. The molecule has 2 saturated heterocycles. The molecule has 0 saturated carbocycles. The molecule has 0 N–H and O–H groups in total. The smallest absolute Gasteiger partial charge is 0.259 e. The van der Waals surface area contributed by atoms with Crippen molar-refractivity contribution < 1.29 is 14.4 Å². The third-order valence-electron chi connectivity index (χ3n) is 6.93. The standard InChI is InChI=1S/C23H26N4O3/c1-24-12-11-14(13-24)25(2)17-8-7-16-21-15(17)5-4-6-18(21)27(22(16)29)19-9-10-20(28)26(3)23(19)30/h4-8,14,19H,9-13H2,1-3H3. The summed E-state index contributed by atoms with van der Waals surface area (Å²) in [6.45, 7) is 2.10. The van der Waals surface area contributed by atoms with Gasteiger partial charge in [0.25, 0.3) is 11.8 Å². The van der Waals surface area contributed by atoms with Gasteiger partial charge in [0, 0.05) is 49.6 Å². The molecule has 2 aromatic rings. The number of anilines is 2. The zero-order valence-electron chi connectivity index (χ0n) is 17.6. The van der Waals surface area contributed by atoms with Gasteiger partial charge in [-0.3, -0.25) is 24.2 Å². The molecule has 156 valence electrons. The van der Waals surface area contributed by atoms with Crippen molar-refractivity contribution in [2.45, 2.75) is 31.3 Å². The maximum atomic E-state index is 13.3. The summed E-state index contributed by atoms with van der Waals surface area (Å²) in [7, 11) is 5.76. The van der Waals surface area contributed by atoms with E-state index in [1.807, 2.05) is 24.3 Å². The second-order valence-corrected chi connectivity index (χ2v) is 8.67. The minimum Gasteiger partial charge on any atom is -0.370 e. The molecule has 0 aliphatic carbocycles. The molecule has 0 spiro atoms. The number of rotatable bonds is 3. The van der Waals surface area contributed by atoms with Crippen molar-refractivity contribution in [1.82, 2.24) is 9.80 Å². The largest absolute Gasteiger partial charge is 0.370 e. The number of carbonyl (C=O) groups is 3. The maximum Gasteiger partial charge on any atom is 0.259 e. The summed E-state index contributed by atoms with van der Waals surface area (Å²) in [4.78, 5) is 45.5. The Kier molecular flexibility index (Phi) is 4.32. The fraction of sp³-hybridized carbons (Fsp3) is 0.435. The summed E-state index contributed by atoms with van der Waals surface area (Å²) in [6.07, 6.45) is 1.74. The van der Waals surface area contributed by atoms with Crippen LogP contribution in [0.2, 0.25) is 0 Å². The van der Waals surface area contributed by atoms with E-state index in [4.69, 9.17) is 0 Å². The van der Waals surface area contributed by atoms with Gasteiger partial charge in [-0.15, -0.1) is 0 Å². The first-order chi connectivity index (χ1) is 14.4. The lowest BCUT2D eigenvalue weighted by Gasteiger charge is -2.34. The van der Waals surface area contributed by atoms with Crippen LogP contribution in [0.5, 0.6) is 0 Å². The quantitative estimate of drug-likeness (QED) is 0.731. The SMILES string of the molecule is CN1CCC(N(C)c2ccc3c4c(cccc24)N(C2CCC(=O)N(C)C2=O)C3=O)C1. The molecule has 7 heteroatoms. The molecule has 2 aromatic carbocycles. The van der Waals surface area contributed by atoms with Crippen molar-refractivity contribution in [3.63, 3.8) is 0 Å². The van der Waals surface area contributed by atoms with Gasteiger partial charge in [-0.1, -0.05) is 12.1 Å². The van der Waals surface area contributed by atoms with E-state index in [9.17, 15) is 14.4 Å². The summed E-state index contributed by atoms with van der Waals surface area (Å²) in [5.41, 5.74) is 2.51. The predicted molar refractivity (Wildman–Crippen MR) is 116 cm³/mol. The first kappa shape index (κ1) is 19.1. The fourth-order valence-electron chi connectivity index (χ4n) is 5.17. The number of amides is 3. The van der Waals surface area contributed by atoms with E-state index in [-0.39, 0.29) is 24.1 Å². The highest BCUT2D eigenvalue weighted by atomic mass is 16.2. The number of likely N-dealkylation sites (N-methyl/N-ethyl adjacent to an activating group) is 3. The van der Waals surface area contributed by atoms with Crippen molar-refractivity contribution in [3.8, 4) is 0 Å². The van der Waals surface area contributed by atoms with Crippen LogP contribution in [0.15, 0.2) is 30.3 Å². The molecule has 2 atom stereocenters. The summed E-state index contributed by atoms with van der Waals surface area (Å²) in [5, 5.41) is 1.94. The molecule has 7 nitrogen and oxygen atoms in total. The van der Waals surface area contributed by atoms with Gasteiger partial charge in [0.1, 0.15) is 6.04 Å². The van der Waals surface area contributed by atoms with Crippen molar-refractivity contribution >= 4 is 39.9 Å². The molecule has 2 fully saturated rings. The van der Waals surface area contributed by atoms with Crippen LogP contribution in [-0.4, -0.2) is 73.8 Å². The topological polar surface area (TPSA) is 64.2 Å². The fourth-order valence-corrected chi connectivity index (χ4v) is 5.17. The lowest BCUT2D eigenvalue weighted by molar-refractivity contribution is -0.147. The Morgan fingerprint density at radius 1 is 1.03 bits per heavy atom. The van der Waals surface area contributed by atoms with Crippen LogP contribution in [0.3, 0.4) is 0 Å². The lowest BCUT2D eigenvalue weighted by Crippen LogP contribution is -2.54. The molecule has 2 unspecified atom stereocenters. The van der Waals surface area contributed by atoms with E-state index >= 15 is 0 Å². The van der Waals surface area contributed by atoms with Crippen molar-refractivity contribution in [2.75, 3.05) is 44.0 Å². The van der Waals surface area contributed by atoms with Gasteiger partial charge in [-0.05, 0) is 44.6 Å². The Balaban J connectivity index is 1.58. The normalized spacial score (nSPS) is 24.4. The molecular weight excluding hydrogens is 380 g/mol. The summed E-state index contributed by atoms with van der Waals surface area (Å²) in [6, 6.07) is 9.63. The van der Waals surface area contributed by atoms with Gasteiger partial charge in [-0.25, -0.2) is 0 Å². The Morgan fingerprint density at radius 3 is 2.57 bits per heavy atom. The van der Waals surface area contributed by atoms with Gasteiger partial charge >= 0.3 is 0 Å². The molecule has 0 radical (unpaired) electrons. The highest BCUT2D eigenvalue weighted by Crippen LogP contribution is 2.43. The minimum atomic E-state index is -0.636. The number of hydrogen-bond acceptors (Lipinski definition) is 5. The maximum absolute atomic E-state index is 13.3. The molecule has 0 bridgehead atoms. The van der Waals surface area contributed by atoms with E-state index in [0.717, 1.165) is 46.6 Å². The third kappa shape index (κ3) is 2.65. The van der Waals surface area contributed by atoms with Crippen LogP contribution in [0.4, 0.5) is 11.4 Å². The van der Waals surface area contributed by atoms with E-state index in [1.54, 1.807) is 4.90 Å². The van der Waals surface area contributed by atoms with Gasteiger partial charge < -0.3 is 9.80 Å². The third-order valence-corrected chi connectivity index (χ3v) is 6.93. The molecule has 5 rings (SSSR count). The van der Waals surface area contributed by atoms with Crippen LogP contribution in [0.25, 0.3) is 10.8 Å². The number of nitrogens with zero attached hydrogens (tertiary/aromatic N) is 4. The Hall–Kier alpha value is -2.93. The molecule has 3 heterocycles. The number of imide groups is 1. The van der Waals surface area contributed by atoms with Crippen LogP contribution in [-0.2, 0) is 9.59 Å². The van der Waals surface area contributed by atoms with Crippen LogP contribution < -0.4 is 9.80 Å². The summed E-state index contributed by atoms with van der Waals surface area (Å²) >= 11 is 0. The summed E-state index contributed by atoms with van der Waals surface area (Å²) < 4.78 is 0. The molecule has 3 aliphatic rings. The zero-order valence-corrected chi connectivity index (χ0v) is 17.6. The first-order valence-corrected chi connectivity index (χ1v) is 10.5. The average molecular weight is 406 g/mol. The second kappa shape index (κ2) is 6.80. The monoisotopic (exact) mass is 406 g/mol. The highest BCUT2D eigenvalue weighted by molar-refractivity contribution is 6.28. The van der Waals surface area contributed by atoms with Gasteiger partial charge in [0.2, 0.25) is 5.91 Å². The lowest BCUT2D eigenvalue weighted by atomic mass is 10.0. The van der Waals surface area contributed by atoms with Crippen LogP contribution in [0.1, 0.15) is 29.6 Å². The number of benzene rings is 2. The van der Waals surface area contributed by atoms with Crippen LogP contribution >= 0.6 is 0 Å². The Labute approximate surface area is 175 Å². The summed E-state index contributed by atoms with van der Waals surface area (Å²) in [5.74, 6) is -0.656. The van der Waals surface area contributed by atoms with Gasteiger partial charge in [-0.2, -0.15) is 0 Å². The van der Waals surface area contributed by atoms with E-state index in [1.165, 1.54) is 7.05 Å². The number of hydrogen-bond donors (Lipinski definition) is 0. The molecule has 3 amide bonds. The molecular formula is C23H26N4O3. The zero-order chi connectivity index (χ0) is 21.2. The molecule has 0 aromatic heterocycles. The number of piperidine rings is 1. The minimum absolute atomic E-state index is 0.155. The first-order valence-electron chi connectivity index (χ1n) is 10.5. The van der Waals surface area contributed by atoms with Crippen LogP contribution in [0, 0.1) is 0 Å². The highest BCUT2D eigenvalue weighted by Gasteiger charge is 2.43. The van der Waals surface area contributed by atoms with E-state index in [0.29, 0.717) is 18.0 Å². The number of carbonyl (C=O) groups excluding carboxylic acids is 3. The van der Waals surface area contributed by atoms with Gasteiger partial charge in [0.15, 0.2) is 0 Å². The van der Waals surface area contributed by atoms with E-state index in [2.05, 4.69) is 30.0 Å². The molecule has 3 aliphatic heterocycles. The predicted octanol–water partition coefficient (Wildman–Crippen LogP) is 2.09. The Morgan fingerprint density at radius 2 is 1.83 bits per heavy atom. The Bertz CT molecular complexity index is 1080. The van der Waals surface area contributed by atoms with E-state index < -0.39 is 6.04 Å². The van der Waals surface area contributed by atoms with Crippen molar-refractivity contribution in [3.05, 3.63) is 35.9 Å². The number of likely N-dealkylation sites (tertiary alicyclic amines) is 2. The molecule has 30 heavy (non-hydrogen) atoms. The second-order valence-electron chi connectivity index (χ2n) is 8.67.